The molecule has 0 unspecified atom stereocenters. The normalized spacial score (nSPS) is 46.4. The van der Waals surface area contributed by atoms with E-state index in [1.807, 2.05) is 6.92 Å². The van der Waals surface area contributed by atoms with Gasteiger partial charge in [-0.05, 0) is 31.6 Å². The van der Waals surface area contributed by atoms with E-state index < -0.39 is 63.2 Å². The first-order chi connectivity index (χ1) is 13.1. The minimum Gasteiger partial charge on any atom is -0.481 e. The van der Waals surface area contributed by atoms with E-state index in [1.165, 1.54) is 13.8 Å². The van der Waals surface area contributed by atoms with E-state index >= 15 is 0 Å². The maximum Gasteiger partial charge on any atom is 0.314 e. The number of aliphatic hydroxyl groups is 1. The second kappa shape index (κ2) is 6.00. The summed E-state index contributed by atoms with van der Waals surface area (Å²) in [5, 5.41) is 31.2. The zero-order chi connectivity index (χ0) is 22.3. The van der Waals surface area contributed by atoms with E-state index in [-0.39, 0.29) is 12.2 Å². The standard InChI is InChI=1S/C22H30O7/c1-10-9-11-20(4)8-7-12(23)19(2,3)14(20)13(24)16(25)22(11,6)15(17(26)27)21(10,5)18(28)29/h9,11,14-16,25H,7-8H2,1-6H3,(H,26,27)(H,28,29)/t11-,14+,15-,16+,20-,21+,22-/m0/s1. The van der Waals surface area contributed by atoms with Crippen molar-refractivity contribution in [3.05, 3.63) is 11.6 Å². The lowest BCUT2D eigenvalue weighted by atomic mass is 9.36. The zero-order valence-corrected chi connectivity index (χ0v) is 17.8. The van der Waals surface area contributed by atoms with E-state index in [0.717, 1.165) is 0 Å². The van der Waals surface area contributed by atoms with Crippen LogP contribution < -0.4 is 0 Å². The molecule has 0 aliphatic heterocycles. The van der Waals surface area contributed by atoms with Gasteiger partial charge in [-0.3, -0.25) is 19.2 Å². The first-order valence-corrected chi connectivity index (χ1v) is 9.99. The van der Waals surface area contributed by atoms with Gasteiger partial charge >= 0.3 is 11.9 Å². The van der Waals surface area contributed by atoms with E-state index in [0.29, 0.717) is 12.0 Å². The van der Waals surface area contributed by atoms with Gasteiger partial charge in [0.15, 0.2) is 5.78 Å². The van der Waals surface area contributed by atoms with Gasteiger partial charge in [-0.2, -0.15) is 0 Å². The predicted octanol–water partition coefficient (Wildman–Crippen LogP) is 2.32. The van der Waals surface area contributed by atoms with Gasteiger partial charge < -0.3 is 15.3 Å². The van der Waals surface area contributed by atoms with E-state index in [1.54, 1.807) is 26.8 Å². The van der Waals surface area contributed by atoms with Crippen molar-refractivity contribution in [2.24, 2.45) is 39.4 Å². The second-order valence-electron chi connectivity index (χ2n) is 10.4. The van der Waals surface area contributed by atoms with Gasteiger partial charge in [0.05, 0.1) is 11.3 Å². The van der Waals surface area contributed by atoms with Crippen molar-refractivity contribution < 1.29 is 34.5 Å². The molecule has 0 bridgehead atoms. The Kier molecular flexibility index (Phi) is 4.49. The third kappa shape index (κ3) is 2.34. The lowest BCUT2D eigenvalue weighted by molar-refractivity contribution is -0.210. The molecule has 7 heteroatoms. The molecule has 3 aliphatic carbocycles. The predicted molar refractivity (Wildman–Crippen MR) is 103 cm³/mol. The van der Waals surface area contributed by atoms with E-state index in [4.69, 9.17) is 0 Å². The van der Waals surface area contributed by atoms with Gasteiger partial charge in [0.1, 0.15) is 11.9 Å². The first-order valence-electron chi connectivity index (χ1n) is 9.99. The Balaban J connectivity index is 2.36. The highest BCUT2D eigenvalue weighted by atomic mass is 16.4. The number of ketones is 2. The number of rotatable bonds is 2. The summed E-state index contributed by atoms with van der Waals surface area (Å²) in [4.78, 5) is 50.7. The highest BCUT2D eigenvalue weighted by Crippen LogP contribution is 2.68. The molecule has 0 aromatic rings. The number of fused-ring (bicyclic) bond motifs is 3. The first kappa shape index (κ1) is 21.7. The molecule has 2 saturated carbocycles. The largest absolute Gasteiger partial charge is 0.481 e. The van der Waals surface area contributed by atoms with Crippen LogP contribution in [-0.2, 0) is 19.2 Å². The van der Waals surface area contributed by atoms with E-state index in [2.05, 4.69) is 0 Å². The fourth-order valence-corrected chi connectivity index (χ4v) is 6.98. The maximum atomic E-state index is 13.5. The summed E-state index contributed by atoms with van der Waals surface area (Å²) < 4.78 is 0. The van der Waals surface area contributed by atoms with Crippen LogP contribution in [0.4, 0.5) is 0 Å². The van der Waals surface area contributed by atoms with Crippen LogP contribution in [0.25, 0.3) is 0 Å². The number of carboxylic acid groups (broad SMARTS) is 2. The molecule has 0 radical (unpaired) electrons. The molecule has 0 saturated heterocycles. The molecule has 0 aromatic carbocycles. The number of Topliss-reactive ketones (excluding diaryl/α,β-unsaturated/α-hetero) is 2. The number of carboxylic acids is 2. The van der Waals surface area contributed by atoms with Crippen molar-refractivity contribution in [3.8, 4) is 0 Å². The van der Waals surface area contributed by atoms with Crippen LogP contribution in [0.1, 0.15) is 54.4 Å². The third-order valence-corrected chi connectivity index (χ3v) is 8.64. The summed E-state index contributed by atoms with van der Waals surface area (Å²) in [6.07, 6.45) is 0.720. The van der Waals surface area contributed by atoms with Gasteiger partial charge in [0.25, 0.3) is 0 Å². The minimum absolute atomic E-state index is 0.0502. The zero-order valence-electron chi connectivity index (χ0n) is 17.8. The van der Waals surface area contributed by atoms with Gasteiger partial charge in [-0.15, -0.1) is 0 Å². The summed E-state index contributed by atoms with van der Waals surface area (Å²) in [5.74, 6) is -6.09. The molecule has 2 fully saturated rings. The summed E-state index contributed by atoms with van der Waals surface area (Å²) in [5.41, 5.74) is -4.63. The molecular formula is C22H30O7. The van der Waals surface area contributed by atoms with Crippen LogP contribution in [0, 0.1) is 39.4 Å². The van der Waals surface area contributed by atoms with Gasteiger partial charge in [0.2, 0.25) is 0 Å². The smallest absolute Gasteiger partial charge is 0.314 e. The highest BCUT2D eigenvalue weighted by molar-refractivity contribution is 5.98. The summed E-state index contributed by atoms with van der Waals surface area (Å²) in [7, 11) is 0. The summed E-state index contributed by atoms with van der Waals surface area (Å²) in [6.45, 7) is 9.77. The monoisotopic (exact) mass is 406 g/mol. The molecule has 7 atom stereocenters. The quantitative estimate of drug-likeness (QED) is 0.600. The van der Waals surface area contributed by atoms with Gasteiger partial charge in [0, 0.05) is 23.2 Å². The SMILES string of the molecule is CC1=C[C@H]2[C@]3(C)CCC(=O)C(C)(C)[C@H]3C(=O)[C@@H](O)[C@]2(C)[C@@H](C(=O)O)[C@]1(C)C(=O)O. The van der Waals surface area contributed by atoms with Crippen LogP contribution in [0.5, 0.6) is 0 Å². The number of aliphatic hydroxyl groups excluding tert-OH is 1. The average Bonchev–Trinajstić information content (AvgIpc) is 2.59. The number of carbonyl (C=O) groups is 4. The Hall–Kier alpha value is -2.02. The molecule has 3 N–H and O–H groups in total. The number of allylic oxidation sites excluding steroid dienone is 1. The Labute approximate surface area is 170 Å². The third-order valence-electron chi connectivity index (χ3n) is 8.64. The lowest BCUT2D eigenvalue weighted by Gasteiger charge is -2.65. The van der Waals surface area contributed by atoms with Crippen molar-refractivity contribution in [2.75, 3.05) is 0 Å². The van der Waals surface area contributed by atoms with Crippen LogP contribution in [0.3, 0.4) is 0 Å². The number of hydrogen-bond donors (Lipinski definition) is 3. The molecule has 7 nitrogen and oxygen atoms in total. The fourth-order valence-electron chi connectivity index (χ4n) is 6.98. The van der Waals surface area contributed by atoms with Crippen LogP contribution >= 0.6 is 0 Å². The molecule has 3 rings (SSSR count). The minimum atomic E-state index is -1.76. The van der Waals surface area contributed by atoms with Crippen molar-refractivity contribution in [1.82, 2.24) is 0 Å². The molecule has 0 heterocycles. The van der Waals surface area contributed by atoms with Gasteiger partial charge in [-0.25, -0.2) is 0 Å². The highest BCUT2D eigenvalue weighted by Gasteiger charge is 2.73. The number of hydrogen-bond acceptors (Lipinski definition) is 5. The van der Waals surface area contributed by atoms with Crippen LogP contribution in [0.2, 0.25) is 0 Å². The summed E-state index contributed by atoms with van der Waals surface area (Å²) in [6, 6.07) is 0. The van der Waals surface area contributed by atoms with Crippen molar-refractivity contribution in [1.29, 1.82) is 0 Å². The van der Waals surface area contributed by atoms with Crippen LogP contribution in [0.15, 0.2) is 11.6 Å². The Morgan fingerprint density at radius 1 is 1.07 bits per heavy atom. The van der Waals surface area contributed by atoms with Crippen molar-refractivity contribution in [3.63, 3.8) is 0 Å². The molecular weight excluding hydrogens is 376 g/mol. The van der Waals surface area contributed by atoms with E-state index in [9.17, 15) is 34.5 Å². The van der Waals surface area contributed by atoms with Crippen molar-refractivity contribution >= 4 is 23.5 Å². The second-order valence-corrected chi connectivity index (χ2v) is 10.4. The number of carbonyl (C=O) groups excluding carboxylic acids is 2. The Bertz CT molecular complexity index is 855. The molecule has 160 valence electrons. The van der Waals surface area contributed by atoms with Gasteiger partial charge in [-0.1, -0.05) is 39.3 Å². The molecule has 3 aliphatic rings. The summed E-state index contributed by atoms with van der Waals surface area (Å²) >= 11 is 0. The topological polar surface area (TPSA) is 129 Å². The molecule has 0 amide bonds. The molecule has 0 aromatic heterocycles. The number of aliphatic carboxylic acids is 2. The average molecular weight is 406 g/mol. The van der Waals surface area contributed by atoms with Crippen LogP contribution in [-0.4, -0.2) is 44.9 Å². The Morgan fingerprint density at radius 2 is 1.62 bits per heavy atom. The molecule has 29 heavy (non-hydrogen) atoms. The fraction of sp³-hybridized carbons (Fsp3) is 0.727. The van der Waals surface area contributed by atoms with Crippen molar-refractivity contribution in [2.45, 2.75) is 60.5 Å². The molecule has 0 spiro atoms. The maximum absolute atomic E-state index is 13.5. The lowest BCUT2D eigenvalue weighted by Crippen LogP contribution is -2.71. The Morgan fingerprint density at radius 3 is 2.10 bits per heavy atom.